The van der Waals surface area contributed by atoms with Crippen LogP contribution in [0.25, 0.3) is 0 Å². The van der Waals surface area contributed by atoms with Crippen LogP contribution in [0, 0.1) is 6.92 Å². The molecular weight excluding hydrogens is 322 g/mol. The first-order chi connectivity index (χ1) is 12.1. The van der Waals surface area contributed by atoms with Crippen LogP contribution in [0.4, 0.5) is 0 Å². The van der Waals surface area contributed by atoms with Gasteiger partial charge in [0.05, 0.1) is 12.6 Å². The molecule has 8 heteroatoms. The molecule has 25 heavy (non-hydrogen) atoms. The number of nitrogens with zero attached hydrogens (tertiary/aromatic N) is 4. The minimum atomic E-state index is -0.222. The Labute approximate surface area is 145 Å². The normalized spacial score (nSPS) is 17.2. The third-order valence-corrected chi connectivity index (χ3v) is 4.80. The molecule has 4 rings (SSSR count). The minimum absolute atomic E-state index is 0.00218. The molecule has 1 aromatic heterocycles. The van der Waals surface area contributed by atoms with E-state index in [0.717, 1.165) is 41.8 Å². The van der Waals surface area contributed by atoms with Gasteiger partial charge in [-0.3, -0.25) is 9.69 Å². The van der Waals surface area contributed by atoms with Gasteiger partial charge in [0.2, 0.25) is 12.7 Å². The molecule has 0 spiro atoms. The second-order valence-electron chi connectivity index (χ2n) is 6.37. The number of amides is 1. The maximum absolute atomic E-state index is 12.5. The number of carbonyl (C=O) groups excluding carboxylic acids is 1. The maximum Gasteiger partial charge on any atom is 0.237 e. The van der Waals surface area contributed by atoms with E-state index in [1.807, 2.05) is 32.0 Å². The van der Waals surface area contributed by atoms with Crippen LogP contribution >= 0.6 is 0 Å². The third kappa shape index (κ3) is 3.05. The van der Waals surface area contributed by atoms with Crippen LogP contribution in [0.5, 0.6) is 11.5 Å². The summed E-state index contributed by atoms with van der Waals surface area (Å²) in [4.78, 5) is 14.6. The third-order valence-electron chi connectivity index (χ3n) is 4.80. The molecule has 0 fully saturated rings. The topological polar surface area (TPSA) is 81.5 Å². The van der Waals surface area contributed by atoms with E-state index in [2.05, 4.69) is 25.0 Å². The van der Waals surface area contributed by atoms with Crippen molar-refractivity contribution in [3.8, 4) is 11.5 Å². The molecule has 0 aliphatic carbocycles. The summed E-state index contributed by atoms with van der Waals surface area (Å²) in [5, 5.41) is 11.3. The number of nitrogens with one attached hydrogen (secondary N) is 1. The quantitative estimate of drug-likeness (QED) is 0.886. The zero-order valence-corrected chi connectivity index (χ0v) is 14.4. The second-order valence-corrected chi connectivity index (χ2v) is 6.37. The number of carbonyl (C=O) groups is 1. The van der Waals surface area contributed by atoms with Gasteiger partial charge in [-0.05, 0) is 31.5 Å². The van der Waals surface area contributed by atoms with E-state index in [4.69, 9.17) is 9.47 Å². The van der Waals surface area contributed by atoms with Crippen LogP contribution < -0.4 is 14.8 Å². The van der Waals surface area contributed by atoms with Crippen molar-refractivity contribution in [2.24, 2.45) is 0 Å². The molecule has 8 nitrogen and oxygen atoms in total. The predicted octanol–water partition coefficient (Wildman–Crippen LogP) is 0.836. The monoisotopic (exact) mass is 343 g/mol. The van der Waals surface area contributed by atoms with Gasteiger partial charge in [-0.1, -0.05) is 6.07 Å². The number of rotatable bonds is 4. The van der Waals surface area contributed by atoms with Gasteiger partial charge < -0.3 is 19.4 Å². The molecule has 0 saturated carbocycles. The van der Waals surface area contributed by atoms with E-state index < -0.39 is 0 Å². The highest BCUT2D eigenvalue weighted by molar-refractivity contribution is 5.81. The maximum atomic E-state index is 12.5. The van der Waals surface area contributed by atoms with Crippen molar-refractivity contribution in [3.63, 3.8) is 0 Å². The first kappa shape index (κ1) is 15.9. The van der Waals surface area contributed by atoms with Crippen LogP contribution in [-0.4, -0.2) is 45.0 Å². The summed E-state index contributed by atoms with van der Waals surface area (Å²) in [5.74, 6) is 3.32. The fourth-order valence-corrected chi connectivity index (χ4v) is 3.21. The Balaban J connectivity index is 1.35. The first-order valence-electron chi connectivity index (χ1n) is 8.41. The summed E-state index contributed by atoms with van der Waals surface area (Å²) in [5.41, 5.74) is 0.985. The Morgan fingerprint density at radius 1 is 1.28 bits per heavy atom. The number of aromatic nitrogens is 3. The molecular formula is C17H21N5O3. The Kier molecular flexibility index (Phi) is 4.04. The molecule has 2 aromatic rings. The van der Waals surface area contributed by atoms with Crippen molar-refractivity contribution < 1.29 is 14.3 Å². The van der Waals surface area contributed by atoms with E-state index in [1.54, 1.807) is 0 Å². The lowest BCUT2D eigenvalue weighted by molar-refractivity contribution is -0.126. The standard InChI is InChI=1S/C17H21N5O3/c1-11(21-5-6-22-12(2)19-20-16(22)9-21)17(23)18-8-13-3-4-14-15(7-13)25-10-24-14/h3-4,7,11H,5-6,8-10H2,1-2H3,(H,18,23)/t11-/m1/s1. The first-order valence-corrected chi connectivity index (χ1v) is 8.41. The summed E-state index contributed by atoms with van der Waals surface area (Å²) in [6.07, 6.45) is 0. The lowest BCUT2D eigenvalue weighted by atomic mass is 10.2. The molecule has 1 N–H and O–H groups in total. The number of benzene rings is 1. The number of hydrogen-bond acceptors (Lipinski definition) is 6. The van der Waals surface area contributed by atoms with Crippen molar-refractivity contribution in [3.05, 3.63) is 35.4 Å². The summed E-state index contributed by atoms with van der Waals surface area (Å²) < 4.78 is 12.8. The van der Waals surface area contributed by atoms with Crippen LogP contribution in [-0.2, 0) is 24.4 Å². The van der Waals surface area contributed by atoms with Gasteiger partial charge in [0, 0.05) is 19.6 Å². The minimum Gasteiger partial charge on any atom is -0.454 e. The van der Waals surface area contributed by atoms with Crippen LogP contribution in [0.1, 0.15) is 24.1 Å². The van der Waals surface area contributed by atoms with E-state index in [1.165, 1.54) is 0 Å². The van der Waals surface area contributed by atoms with Gasteiger partial charge in [0.1, 0.15) is 11.6 Å². The van der Waals surface area contributed by atoms with Crippen LogP contribution in [0.3, 0.4) is 0 Å². The molecule has 0 unspecified atom stereocenters. The predicted molar refractivity (Wildman–Crippen MR) is 89.0 cm³/mol. The van der Waals surface area contributed by atoms with Crippen LogP contribution in [0.15, 0.2) is 18.2 Å². The SMILES string of the molecule is Cc1nnc2n1CCN([C@H](C)C(=O)NCc1ccc3c(c1)OCO3)C2. The molecule has 1 aromatic carbocycles. The molecule has 2 aliphatic rings. The number of hydrogen-bond donors (Lipinski definition) is 1. The Morgan fingerprint density at radius 3 is 3.00 bits per heavy atom. The molecule has 0 radical (unpaired) electrons. The lowest BCUT2D eigenvalue weighted by Crippen LogP contribution is -2.48. The molecule has 0 bridgehead atoms. The van der Waals surface area contributed by atoms with Gasteiger partial charge in [-0.15, -0.1) is 10.2 Å². The van der Waals surface area contributed by atoms with Gasteiger partial charge in [0.25, 0.3) is 0 Å². The van der Waals surface area contributed by atoms with Gasteiger partial charge in [-0.25, -0.2) is 0 Å². The second kappa shape index (κ2) is 6.36. The molecule has 0 saturated heterocycles. The lowest BCUT2D eigenvalue weighted by Gasteiger charge is -2.31. The summed E-state index contributed by atoms with van der Waals surface area (Å²) >= 11 is 0. The highest BCUT2D eigenvalue weighted by Gasteiger charge is 2.27. The zero-order chi connectivity index (χ0) is 17.4. The molecule has 132 valence electrons. The van der Waals surface area contributed by atoms with E-state index in [0.29, 0.717) is 13.1 Å². The van der Waals surface area contributed by atoms with Crippen molar-refractivity contribution in [2.75, 3.05) is 13.3 Å². The Morgan fingerprint density at radius 2 is 2.12 bits per heavy atom. The average Bonchev–Trinajstić information content (AvgIpc) is 3.25. The smallest absolute Gasteiger partial charge is 0.237 e. The molecule has 1 amide bonds. The summed E-state index contributed by atoms with van der Waals surface area (Å²) in [7, 11) is 0. The molecule has 1 atom stereocenters. The Hall–Kier alpha value is -2.61. The number of aryl methyl sites for hydroxylation is 1. The van der Waals surface area contributed by atoms with Crippen molar-refractivity contribution in [1.82, 2.24) is 25.0 Å². The van der Waals surface area contributed by atoms with E-state index in [9.17, 15) is 4.79 Å². The molecule has 2 aliphatic heterocycles. The fraction of sp³-hybridized carbons (Fsp3) is 0.471. The van der Waals surface area contributed by atoms with Crippen molar-refractivity contribution in [1.29, 1.82) is 0 Å². The van der Waals surface area contributed by atoms with Gasteiger partial charge in [-0.2, -0.15) is 0 Å². The average molecular weight is 343 g/mol. The molecule has 3 heterocycles. The summed E-state index contributed by atoms with van der Waals surface area (Å²) in [6, 6.07) is 5.48. The van der Waals surface area contributed by atoms with E-state index in [-0.39, 0.29) is 18.7 Å². The highest BCUT2D eigenvalue weighted by atomic mass is 16.7. The summed E-state index contributed by atoms with van der Waals surface area (Å²) in [6.45, 7) is 6.85. The van der Waals surface area contributed by atoms with Gasteiger partial charge >= 0.3 is 0 Å². The van der Waals surface area contributed by atoms with Crippen molar-refractivity contribution in [2.45, 2.75) is 39.5 Å². The largest absolute Gasteiger partial charge is 0.454 e. The van der Waals surface area contributed by atoms with Crippen LogP contribution in [0.2, 0.25) is 0 Å². The number of ether oxygens (including phenoxy) is 2. The highest BCUT2D eigenvalue weighted by Crippen LogP contribution is 2.32. The van der Waals surface area contributed by atoms with Gasteiger partial charge in [0.15, 0.2) is 11.5 Å². The Bertz CT molecular complexity index is 804. The fourth-order valence-electron chi connectivity index (χ4n) is 3.21. The zero-order valence-electron chi connectivity index (χ0n) is 14.4. The van der Waals surface area contributed by atoms with Crippen molar-refractivity contribution >= 4 is 5.91 Å². The number of fused-ring (bicyclic) bond motifs is 2. The van der Waals surface area contributed by atoms with E-state index >= 15 is 0 Å².